The molecule has 0 unspecified atom stereocenters. The van der Waals surface area contributed by atoms with Crippen LogP contribution in [0.15, 0.2) is 11.1 Å². The maximum absolute atomic E-state index is 12.1. The fraction of sp³-hybridized carbons (Fsp3) is 0.727. The van der Waals surface area contributed by atoms with Crippen LogP contribution in [0.4, 0.5) is 5.82 Å². The van der Waals surface area contributed by atoms with Crippen molar-refractivity contribution in [1.82, 2.24) is 19.4 Å². The molecule has 0 fully saturated rings. The molecule has 1 aromatic rings. The predicted molar refractivity (Wildman–Crippen MR) is 75.3 cm³/mol. The molecule has 110 valence electrons. The second-order valence-electron chi connectivity index (χ2n) is 4.13. The van der Waals surface area contributed by atoms with Gasteiger partial charge in [-0.3, -0.25) is 0 Å². The van der Waals surface area contributed by atoms with Crippen molar-refractivity contribution in [2.75, 3.05) is 31.9 Å². The molecular formula is C11H23N5O2S. The Morgan fingerprint density at radius 2 is 2.00 bits per heavy atom. The van der Waals surface area contributed by atoms with E-state index in [1.54, 1.807) is 0 Å². The van der Waals surface area contributed by atoms with Gasteiger partial charge < -0.3 is 10.6 Å². The number of nitrogens with zero attached hydrogens (tertiary/aromatic N) is 3. The number of aryl methyl sites for hydroxylation is 1. The first kappa shape index (κ1) is 15.9. The summed E-state index contributed by atoms with van der Waals surface area (Å²) in [6, 6.07) is 0. The van der Waals surface area contributed by atoms with E-state index in [4.69, 9.17) is 5.73 Å². The Bertz CT molecular complexity index is 493. The number of rotatable bonds is 8. The Kier molecular flexibility index (Phi) is 5.77. The number of nitrogens with two attached hydrogens (primary N) is 1. The predicted octanol–water partition coefficient (Wildman–Crippen LogP) is 0.105. The minimum atomic E-state index is -3.58. The summed E-state index contributed by atoms with van der Waals surface area (Å²) in [7, 11) is -3.58. The van der Waals surface area contributed by atoms with Crippen molar-refractivity contribution in [1.29, 1.82) is 0 Å². The Hall–Kier alpha value is -1.12. The zero-order valence-corrected chi connectivity index (χ0v) is 12.6. The topological polar surface area (TPSA) is 93.2 Å². The summed E-state index contributed by atoms with van der Waals surface area (Å²) in [5.41, 5.74) is 5.75. The van der Waals surface area contributed by atoms with Gasteiger partial charge in [0.05, 0.1) is 6.20 Å². The number of anilines is 1. The van der Waals surface area contributed by atoms with Gasteiger partial charge in [0.1, 0.15) is 10.7 Å². The van der Waals surface area contributed by atoms with Crippen molar-refractivity contribution in [3.05, 3.63) is 6.20 Å². The lowest BCUT2D eigenvalue weighted by Crippen LogP contribution is -2.34. The number of hydrogen-bond donors (Lipinski definition) is 2. The van der Waals surface area contributed by atoms with Crippen LogP contribution in [0.3, 0.4) is 0 Å². The molecule has 3 N–H and O–H groups in total. The molecule has 1 aromatic heterocycles. The van der Waals surface area contributed by atoms with Crippen molar-refractivity contribution in [3.63, 3.8) is 0 Å². The smallest absolute Gasteiger partial charge is 0.245 e. The lowest BCUT2D eigenvalue weighted by atomic mass is 10.5. The van der Waals surface area contributed by atoms with E-state index in [0.717, 1.165) is 13.1 Å². The third-order valence-electron chi connectivity index (χ3n) is 3.05. The average Bonchev–Trinajstić information content (AvgIpc) is 2.76. The molecule has 0 spiro atoms. The van der Waals surface area contributed by atoms with Crippen molar-refractivity contribution in [2.24, 2.45) is 0 Å². The van der Waals surface area contributed by atoms with E-state index >= 15 is 0 Å². The molecule has 7 nitrogen and oxygen atoms in total. The van der Waals surface area contributed by atoms with Gasteiger partial charge in [0, 0.05) is 19.6 Å². The minimum absolute atomic E-state index is 0.0499. The largest absolute Gasteiger partial charge is 0.383 e. The molecule has 0 saturated heterocycles. The highest BCUT2D eigenvalue weighted by atomic mass is 32.2. The number of nitrogens with one attached hydrogen (secondary N) is 1. The van der Waals surface area contributed by atoms with E-state index in [-0.39, 0.29) is 10.7 Å². The molecule has 0 aliphatic heterocycles. The number of likely N-dealkylation sites (N-methyl/N-ethyl adjacent to an activating group) is 1. The quantitative estimate of drug-likeness (QED) is 0.708. The van der Waals surface area contributed by atoms with Crippen LogP contribution in [0.25, 0.3) is 0 Å². The van der Waals surface area contributed by atoms with Gasteiger partial charge in [0.15, 0.2) is 0 Å². The van der Waals surface area contributed by atoms with Gasteiger partial charge in [0.25, 0.3) is 0 Å². The van der Waals surface area contributed by atoms with Gasteiger partial charge in [-0.2, -0.15) is 5.10 Å². The SMILES string of the molecule is CCN(CC)CCNS(=O)(=O)c1cnn(CC)c1N. The minimum Gasteiger partial charge on any atom is -0.383 e. The van der Waals surface area contributed by atoms with E-state index in [1.807, 2.05) is 20.8 Å². The molecule has 1 rings (SSSR count). The Morgan fingerprint density at radius 1 is 1.37 bits per heavy atom. The maximum atomic E-state index is 12.1. The van der Waals surface area contributed by atoms with E-state index in [2.05, 4.69) is 14.7 Å². The third-order valence-corrected chi connectivity index (χ3v) is 4.53. The monoisotopic (exact) mass is 289 g/mol. The zero-order chi connectivity index (χ0) is 14.5. The summed E-state index contributed by atoms with van der Waals surface area (Å²) in [4.78, 5) is 2.19. The Morgan fingerprint density at radius 3 is 2.47 bits per heavy atom. The molecule has 0 saturated carbocycles. The van der Waals surface area contributed by atoms with Gasteiger partial charge in [-0.25, -0.2) is 17.8 Å². The first-order valence-electron chi connectivity index (χ1n) is 6.49. The molecule has 0 atom stereocenters. The van der Waals surface area contributed by atoms with Crippen LogP contribution in [0.5, 0.6) is 0 Å². The zero-order valence-electron chi connectivity index (χ0n) is 11.8. The molecule has 1 heterocycles. The van der Waals surface area contributed by atoms with Crippen LogP contribution in [-0.2, 0) is 16.6 Å². The average molecular weight is 289 g/mol. The maximum Gasteiger partial charge on any atom is 0.245 e. The Balaban J connectivity index is 2.68. The van der Waals surface area contributed by atoms with Crippen LogP contribution in [0.2, 0.25) is 0 Å². The van der Waals surface area contributed by atoms with Gasteiger partial charge in [-0.05, 0) is 20.0 Å². The third kappa shape index (κ3) is 3.92. The highest BCUT2D eigenvalue weighted by Gasteiger charge is 2.20. The van der Waals surface area contributed by atoms with Gasteiger partial charge in [0.2, 0.25) is 10.0 Å². The van der Waals surface area contributed by atoms with Crippen LogP contribution < -0.4 is 10.5 Å². The molecule has 0 aliphatic rings. The van der Waals surface area contributed by atoms with Crippen LogP contribution >= 0.6 is 0 Å². The standard InChI is InChI=1S/C11H23N5O2S/c1-4-15(5-2)8-7-14-19(17,18)10-9-13-16(6-3)11(10)12/h9,14H,4-8,12H2,1-3H3. The summed E-state index contributed by atoms with van der Waals surface area (Å²) in [6.07, 6.45) is 1.29. The number of nitrogen functional groups attached to an aromatic ring is 1. The van der Waals surface area contributed by atoms with Crippen molar-refractivity contribution >= 4 is 15.8 Å². The van der Waals surface area contributed by atoms with E-state index in [9.17, 15) is 8.42 Å². The van der Waals surface area contributed by atoms with Gasteiger partial charge >= 0.3 is 0 Å². The number of aromatic nitrogens is 2. The van der Waals surface area contributed by atoms with Crippen molar-refractivity contribution in [2.45, 2.75) is 32.2 Å². The van der Waals surface area contributed by atoms with Crippen LogP contribution in [-0.4, -0.2) is 49.3 Å². The number of hydrogen-bond acceptors (Lipinski definition) is 5. The molecule has 0 amide bonds. The summed E-state index contributed by atoms with van der Waals surface area (Å²) >= 11 is 0. The molecule has 0 aliphatic carbocycles. The van der Waals surface area contributed by atoms with Crippen molar-refractivity contribution < 1.29 is 8.42 Å². The second kappa shape index (κ2) is 6.88. The molecule has 0 bridgehead atoms. The highest BCUT2D eigenvalue weighted by molar-refractivity contribution is 7.89. The van der Waals surface area contributed by atoms with Gasteiger partial charge in [-0.15, -0.1) is 0 Å². The molecule has 8 heteroatoms. The molecular weight excluding hydrogens is 266 g/mol. The molecule has 19 heavy (non-hydrogen) atoms. The van der Waals surface area contributed by atoms with Gasteiger partial charge in [-0.1, -0.05) is 13.8 Å². The Labute approximate surface area is 114 Å². The van der Waals surface area contributed by atoms with Crippen LogP contribution in [0.1, 0.15) is 20.8 Å². The van der Waals surface area contributed by atoms with E-state index in [0.29, 0.717) is 19.6 Å². The summed E-state index contributed by atoms with van der Waals surface area (Å²) in [6.45, 7) is 9.31. The molecule has 0 radical (unpaired) electrons. The summed E-state index contributed by atoms with van der Waals surface area (Å²) in [5.74, 6) is 0.179. The lowest BCUT2D eigenvalue weighted by molar-refractivity contribution is 0.309. The first-order chi connectivity index (χ1) is 8.96. The second-order valence-corrected chi connectivity index (χ2v) is 5.87. The van der Waals surface area contributed by atoms with E-state index < -0.39 is 10.0 Å². The first-order valence-corrected chi connectivity index (χ1v) is 7.97. The number of sulfonamides is 1. The highest BCUT2D eigenvalue weighted by Crippen LogP contribution is 2.16. The van der Waals surface area contributed by atoms with E-state index in [1.165, 1.54) is 10.9 Å². The summed E-state index contributed by atoms with van der Waals surface area (Å²) < 4.78 is 28.2. The fourth-order valence-corrected chi connectivity index (χ4v) is 2.87. The summed E-state index contributed by atoms with van der Waals surface area (Å²) in [5, 5.41) is 3.94. The lowest BCUT2D eigenvalue weighted by Gasteiger charge is -2.17. The molecule has 0 aromatic carbocycles. The normalized spacial score (nSPS) is 12.2. The van der Waals surface area contributed by atoms with Crippen molar-refractivity contribution in [3.8, 4) is 0 Å². The van der Waals surface area contributed by atoms with Crippen LogP contribution in [0, 0.1) is 0 Å². The fourth-order valence-electron chi connectivity index (χ4n) is 1.79.